The molecule has 1 fully saturated rings. The molecule has 3 aliphatic carbocycles. The van der Waals surface area contributed by atoms with Gasteiger partial charge in [-0.3, -0.25) is 0 Å². The van der Waals surface area contributed by atoms with Crippen LogP contribution in [0.2, 0.25) is 0 Å². The lowest BCUT2D eigenvalue weighted by Gasteiger charge is -2.39. The number of rotatable bonds is 0. The van der Waals surface area contributed by atoms with Crippen LogP contribution in [0, 0.1) is 22.6 Å². The Labute approximate surface area is 69.8 Å². The Balaban J connectivity index is 2.18. The fourth-order valence-electron chi connectivity index (χ4n) is 1.85. The second kappa shape index (κ2) is 2.43. The van der Waals surface area contributed by atoms with Crippen LogP contribution in [-0.2, 0) is 0 Å². The zero-order valence-corrected chi connectivity index (χ0v) is 7.32. The molecule has 2 bridgehead atoms. The number of halogens is 1. The van der Waals surface area contributed by atoms with Crippen molar-refractivity contribution in [2.75, 3.05) is 0 Å². The van der Waals surface area contributed by atoms with Crippen LogP contribution in [0.15, 0.2) is 11.6 Å². The van der Waals surface area contributed by atoms with Gasteiger partial charge in [-0.1, -0.05) is 12.0 Å². The summed E-state index contributed by atoms with van der Waals surface area (Å²) in [4.78, 5) is 2.79. The Bertz CT molecular complexity index is 223. The van der Waals surface area contributed by atoms with Crippen LogP contribution >= 0.6 is 15.9 Å². The zero-order chi connectivity index (χ0) is 6.97. The summed E-state index contributed by atoms with van der Waals surface area (Å²) in [6.45, 7) is 0. The van der Waals surface area contributed by atoms with Gasteiger partial charge in [-0.15, -0.1) is 0 Å². The van der Waals surface area contributed by atoms with Gasteiger partial charge in [-0.25, -0.2) is 0 Å². The van der Waals surface area contributed by atoms with Gasteiger partial charge in [0.1, 0.15) is 0 Å². The highest BCUT2D eigenvalue weighted by molar-refractivity contribution is 9.12. The first kappa shape index (κ1) is 6.49. The summed E-state index contributed by atoms with van der Waals surface area (Å²) in [7, 11) is 0. The molecule has 0 radical (unpaired) electrons. The molecule has 0 amide bonds. The Morgan fingerprint density at radius 3 is 2.80 bits per heavy atom. The molecule has 0 aromatic rings. The summed E-state index contributed by atoms with van der Waals surface area (Å²) >= 11 is 3.13. The molecule has 0 spiro atoms. The maximum atomic E-state index is 3.13. The highest BCUT2D eigenvalue weighted by Gasteiger charge is 2.33. The van der Waals surface area contributed by atoms with Crippen molar-refractivity contribution in [1.29, 1.82) is 0 Å². The van der Waals surface area contributed by atoms with E-state index in [-0.39, 0.29) is 0 Å². The normalized spacial score (nSPS) is 35.1. The molecular formula is C9H9Br. The van der Waals surface area contributed by atoms with E-state index in [1.54, 1.807) is 0 Å². The maximum absolute atomic E-state index is 3.13. The SMILES string of the molecule is BrC#CC1=CCC2CC1C2. The number of hydrogen-bond acceptors (Lipinski definition) is 0. The predicted molar refractivity (Wildman–Crippen MR) is 45.6 cm³/mol. The third kappa shape index (κ3) is 0.914. The van der Waals surface area contributed by atoms with Crippen LogP contribution in [0.25, 0.3) is 0 Å². The van der Waals surface area contributed by atoms with Gasteiger partial charge in [-0.05, 0) is 35.9 Å². The van der Waals surface area contributed by atoms with E-state index in [0.717, 1.165) is 11.8 Å². The quantitative estimate of drug-likeness (QED) is 0.523. The monoisotopic (exact) mass is 196 g/mol. The van der Waals surface area contributed by atoms with Crippen molar-refractivity contribution < 1.29 is 0 Å². The van der Waals surface area contributed by atoms with Gasteiger partial charge in [0.2, 0.25) is 0 Å². The van der Waals surface area contributed by atoms with E-state index in [1.165, 1.54) is 24.8 Å². The van der Waals surface area contributed by atoms with Crippen molar-refractivity contribution in [1.82, 2.24) is 0 Å². The van der Waals surface area contributed by atoms with Crippen LogP contribution in [-0.4, -0.2) is 0 Å². The van der Waals surface area contributed by atoms with E-state index >= 15 is 0 Å². The van der Waals surface area contributed by atoms with E-state index in [2.05, 4.69) is 32.8 Å². The van der Waals surface area contributed by atoms with Gasteiger partial charge < -0.3 is 0 Å². The number of fused-ring (bicyclic) bond motifs is 1. The molecule has 0 aliphatic heterocycles. The second-order valence-electron chi connectivity index (χ2n) is 3.15. The summed E-state index contributed by atoms with van der Waals surface area (Å²) in [5, 5.41) is 0. The summed E-state index contributed by atoms with van der Waals surface area (Å²) in [5.41, 5.74) is 1.37. The van der Waals surface area contributed by atoms with Crippen LogP contribution < -0.4 is 0 Å². The summed E-state index contributed by atoms with van der Waals surface area (Å²) in [6.07, 6.45) is 6.37. The third-order valence-electron chi connectivity index (χ3n) is 2.54. The summed E-state index contributed by atoms with van der Waals surface area (Å²) < 4.78 is 0. The van der Waals surface area contributed by atoms with E-state index in [0.29, 0.717) is 0 Å². The number of hydrogen-bond donors (Lipinski definition) is 0. The first-order valence-electron chi connectivity index (χ1n) is 3.72. The molecule has 0 heterocycles. The van der Waals surface area contributed by atoms with Crippen molar-refractivity contribution in [3.8, 4) is 10.8 Å². The van der Waals surface area contributed by atoms with Gasteiger partial charge in [0.15, 0.2) is 0 Å². The Morgan fingerprint density at radius 2 is 2.30 bits per heavy atom. The van der Waals surface area contributed by atoms with Gasteiger partial charge in [-0.2, -0.15) is 0 Å². The average Bonchev–Trinajstić information content (AvgIpc) is 1.87. The molecule has 0 nitrogen and oxygen atoms in total. The predicted octanol–water partition coefficient (Wildman–Crippen LogP) is 2.70. The largest absolute Gasteiger partial charge is 0.0723 e. The van der Waals surface area contributed by atoms with Crippen LogP contribution in [0.1, 0.15) is 19.3 Å². The molecule has 0 N–H and O–H groups in total. The Hall–Kier alpha value is -0.220. The van der Waals surface area contributed by atoms with Crippen molar-refractivity contribution in [2.45, 2.75) is 19.3 Å². The molecule has 1 heteroatoms. The minimum Gasteiger partial charge on any atom is -0.0723 e. The Morgan fingerprint density at radius 1 is 1.50 bits per heavy atom. The summed E-state index contributed by atoms with van der Waals surface area (Å²) in [6, 6.07) is 0. The topological polar surface area (TPSA) is 0 Å². The third-order valence-corrected chi connectivity index (χ3v) is 2.74. The first-order valence-corrected chi connectivity index (χ1v) is 4.51. The molecule has 10 heavy (non-hydrogen) atoms. The fourth-order valence-corrected chi connectivity index (χ4v) is 2.08. The van der Waals surface area contributed by atoms with Crippen molar-refractivity contribution in [2.24, 2.45) is 11.8 Å². The average molecular weight is 197 g/mol. The standard InChI is InChI=1S/C9H9Br/c10-4-3-8-2-1-7-5-9(8)6-7/h2,7,9H,1,5-6H2. The Kier molecular flexibility index (Phi) is 1.58. The molecule has 0 atom stereocenters. The van der Waals surface area contributed by atoms with Gasteiger partial charge >= 0.3 is 0 Å². The number of allylic oxidation sites excluding steroid dienone is 2. The van der Waals surface area contributed by atoms with E-state index in [4.69, 9.17) is 0 Å². The molecule has 0 aromatic heterocycles. The molecule has 1 saturated carbocycles. The fraction of sp³-hybridized carbons (Fsp3) is 0.556. The molecule has 0 aromatic carbocycles. The molecule has 52 valence electrons. The van der Waals surface area contributed by atoms with Gasteiger partial charge in [0.25, 0.3) is 0 Å². The van der Waals surface area contributed by atoms with Crippen molar-refractivity contribution >= 4 is 15.9 Å². The van der Waals surface area contributed by atoms with E-state index in [9.17, 15) is 0 Å². The first-order chi connectivity index (χ1) is 4.90. The minimum atomic E-state index is 0.823. The molecular weight excluding hydrogens is 188 g/mol. The lowest BCUT2D eigenvalue weighted by atomic mass is 9.65. The molecule has 0 unspecified atom stereocenters. The van der Waals surface area contributed by atoms with Gasteiger partial charge in [0, 0.05) is 21.5 Å². The van der Waals surface area contributed by atoms with E-state index < -0.39 is 0 Å². The zero-order valence-electron chi connectivity index (χ0n) is 5.73. The smallest absolute Gasteiger partial charge is 0.0110 e. The van der Waals surface area contributed by atoms with Crippen molar-refractivity contribution in [3.05, 3.63) is 11.6 Å². The lowest BCUT2D eigenvalue weighted by molar-refractivity contribution is 0.216. The molecule has 3 rings (SSSR count). The van der Waals surface area contributed by atoms with Crippen LogP contribution in [0.3, 0.4) is 0 Å². The second-order valence-corrected chi connectivity index (χ2v) is 3.55. The van der Waals surface area contributed by atoms with Crippen LogP contribution in [0.4, 0.5) is 0 Å². The van der Waals surface area contributed by atoms with Crippen molar-refractivity contribution in [3.63, 3.8) is 0 Å². The minimum absolute atomic E-state index is 0.823. The van der Waals surface area contributed by atoms with E-state index in [1.807, 2.05) is 0 Å². The molecule has 0 saturated heterocycles. The van der Waals surface area contributed by atoms with Crippen LogP contribution in [0.5, 0.6) is 0 Å². The highest BCUT2D eigenvalue weighted by Crippen LogP contribution is 2.45. The highest BCUT2D eigenvalue weighted by atomic mass is 79.9. The lowest BCUT2D eigenvalue weighted by Crippen LogP contribution is -2.28. The summed E-state index contributed by atoms with van der Waals surface area (Å²) in [5.74, 6) is 4.93. The molecule has 3 aliphatic rings. The maximum Gasteiger partial charge on any atom is 0.0110 e. The van der Waals surface area contributed by atoms with Gasteiger partial charge in [0.05, 0.1) is 0 Å².